The van der Waals surface area contributed by atoms with Crippen molar-refractivity contribution in [3.63, 3.8) is 0 Å². The zero-order valence-electron chi connectivity index (χ0n) is 7.99. The number of rotatable bonds is 3. The van der Waals surface area contributed by atoms with Crippen molar-refractivity contribution in [2.75, 3.05) is 6.61 Å². The van der Waals surface area contributed by atoms with E-state index in [1.165, 1.54) is 13.8 Å². The molecule has 0 aromatic carbocycles. The quantitative estimate of drug-likeness (QED) is 0.455. The van der Waals surface area contributed by atoms with Gasteiger partial charge in [-0.2, -0.15) is 0 Å². The van der Waals surface area contributed by atoms with Crippen molar-refractivity contribution in [3.05, 3.63) is 0 Å². The SMILES string of the molecule is CC(C)(O)O.CC(O)CCCO. The Morgan fingerprint density at radius 3 is 1.67 bits per heavy atom. The Hall–Kier alpha value is -0.160. The second-order valence-corrected chi connectivity index (χ2v) is 3.21. The van der Waals surface area contributed by atoms with Gasteiger partial charge in [0.05, 0.1) is 6.10 Å². The molecule has 0 bridgehead atoms. The molecule has 0 aliphatic carbocycles. The summed E-state index contributed by atoms with van der Waals surface area (Å²) in [6.07, 6.45) is 1.15. The molecule has 0 aliphatic rings. The summed E-state index contributed by atoms with van der Waals surface area (Å²) in [5, 5.41) is 32.9. The Bertz CT molecular complexity index is 79.5. The van der Waals surface area contributed by atoms with E-state index in [2.05, 4.69) is 0 Å². The zero-order chi connectivity index (χ0) is 10.2. The Labute approximate surface area is 73.5 Å². The van der Waals surface area contributed by atoms with Crippen molar-refractivity contribution in [1.82, 2.24) is 0 Å². The first-order valence-electron chi connectivity index (χ1n) is 4.01. The Balaban J connectivity index is 0. The van der Waals surface area contributed by atoms with Crippen LogP contribution in [0.4, 0.5) is 0 Å². The predicted octanol–water partition coefficient (Wildman–Crippen LogP) is -0.153. The van der Waals surface area contributed by atoms with E-state index >= 15 is 0 Å². The third-order valence-corrected chi connectivity index (χ3v) is 0.780. The van der Waals surface area contributed by atoms with Crippen molar-refractivity contribution in [3.8, 4) is 0 Å². The minimum Gasteiger partial charge on any atom is -0.396 e. The van der Waals surface area contributed by atoms with E-state index in [1.54, 1.807) is 6.92 Å². The molecule has 12 heavy (non-hydrogen) atoms. The van der Waals surface area contributed by atoms with E-state index in [9.17, 15) is 0 Å². The molecule has 4 N–H and O–H groups in total. The lowest BCUT2D eigenvalue weighted by atomic mass is 10.2. The molecule has 4 nitrogen and oxygen atoms in total. The summed E-state index contributed by atoms with van der Waals surface area (Å²) in [6, 6.07) is 0. The van der Waals surface area contributed by atoms with E-state index in [4.69, 9.17) is 20.4 Å². The van der Waals surface area contributed by atoms with Gasteiger partial charge in [-0.3, -0.25) is 0 Å². The fourth-order valence-electron chi connectivity index (χ4n) is 0.387. The van der Waals surface area contributed by atoms with Crippen LogP contribution in [0.1, 0.15) is 33.6 Å². The van der Waals surface area contributed by atoms with Gasteiger partial charge in [-0.25, -0.2) is 0 Å². The van der Waals surface area contributed by atoms with E-state index < -0.39 is 5.79 Å². The van der Waals surface area contributed by atoms with Crippen LogP contribution in [-0.2, 0) is 0 Å². The monoisotopic (exact) mass is 180 g/mol. The highest BCUT2D eigenvalue weighted by atomic mass is 16.5. The first-order chi connectivity index (χ1) is 5.27. The predicted molar refractivity (Wildman–Crippen MR) is 46.5 cm³/mol. The van der Waals surface area contributed by atoms with Crippen LogP contribution < -0.4 is 0 Å². The van der Waals surface area contributed by atoms with Crippen LogP contribution in [0.15, 0.2) is 0 Å². The van der Waals surface area contributed by atoms with Gasteiger partial charge in [-0.15, -0.1) is 0 Å². The van der Waals surface area contributed by atoms with Gasteiger partial charge in [-0.1, -0.05) is 0 Å². The third-order valence-electron chi connectivity index (χ3n) is 0.780. The fourth-order valence-corrected chi connectivity index (χ4v) is 0.387. The molecule has 4 heteroatoms. The highest BCUT2D eigenvalue weighted by Crippen LogP contribution is 1.92. The van der Waals surface area contributed by atoms with Crippen LogP contribution in [0.25, 0.3) is 0 Å². The smallest absolute Gasteiger partial charge is 0.156 e. The van der Waals surface area contributed by atoms with E-state index in [0.29, 0.717) is 12.8 Å². The molecule has 0 rings (SSSR count). The largest absolute Gasteiger partial charge is 0.396 e. The van der Waals surface area contributed by atoms with Crippen LogP contribution in [-0.4, -0.2) is 38.9 Å². The van der Waals surface area contributed by atoms with E-state index in [1.807, 2.05) is 0 Å². The average molecular weight is 180 g/mol. The van der Waals surface area contributed by atoms with Gasteiger partial charge < -0.3 is 20.4 Å². The van der Waals surface area contributed by atoms with Crippen molar-refractivity contribution < 1.29 is 20.4 Å². The molecule has 1 atom stereocenters. The molecular formula is C8H20O4. The Kier molecular flexibility index (Phi) is 8.97. The van der Waals surface area contributed by atoms with Gasteiger partial charge in [0.1, 0.15) is 0 Å². The number of hydrogen-bond acceptors (Lipinski definition) is 4. The van der Waals surface area contributed by atoms with Crippen molar-refractivity contribution in [1.29, 1.82) is 0 Å². The molecule has 0 spiro atoms. The lowest BCUT2D eigenvalue weighted by Crippen LogP contribution is -2.15. The molecule has 0 aromatic heterocycles. The molecule has 0 saturated heterocycles. The Morgan fingerprint density at radius 2 is 1.58 bits per heavy atom. The van der Waals surface area contributed by atoms with E-state index in [-0.39, 0.29) is 12.7 Å². The van der Waals surface area contributed by atoms with Gasteiger partial charge in [-0.05, 0) is 33.6 Å². The zero-order valence-corrected chi connectivity index (χ0v) is 7.99. The fraction of sp³-hybridized carbons (Fsp3) is 1.00. The topological polar surface area (TPSA) is 80.9 Å². The molecule has 0 amide bonds. The van der Waals surface area contributed by atoms with Crippen LogP contribution in [0, 0.1) is 0 Å². The molecule has 0 radical (unpaired) electrons. The van der Waals surface area contributed by atoms with Gasteiger partial charge in [0, 0.05) is 6.61 Å². The van der Waals surface area contributed by atoms with Gasteiger partial charge in [0.15, 0.2) is 5.79 Å². The minimum absolute atomic E-state index is 0.185. The normalized spacial score (nSPS) is 13.2. The lowest BCUT2D eigenvalue weighted by molar-refractivity contribution is -0.127. The maximum atomic E-state index is 8.57. The first-order valence-corrected chi connectivity index (χ1v) is 4.01. The number of aliphatic hydroxyl groups excluding tert-OH is 2. The second-order valence-electron chi connectivity index (χ2n) is 3.21. The molecule has 0 saturated carbocycles. The number of hydrogen-bond donors (Lipinski definition) is 4. The van der Waals surface area contributed by atoms with Gasteiger partial charge in [0.25, 0.3) is 0 Å². The minimum atomic E-state index is -1.50. The first kappa shape index (κ1) is 14.4. The van der Waals surface area contributed by atoms with Crippen LogP contribution in [0.5, 0.6) is 0 Å². The second kappa shape index (κ2) is 7.49. The summed E-state index contributed by atoms with van der Waals surface area (Å²) in [5.41, 5.74) is 0. The van der Waals surface area contributed by atoms with Crippen LogP contribution in [0.2, 0.25) is 0 Å². The molecular weight excluding hydrogens is 160 g/mol. The highest BCUT2D eigenvalue weighted by Gasteiger charge is 2.00. The maximum absolute atomic E-state index is 8.57. The van der Waals surface area contributed by atoms with Gasteiger partial charge >= 0.3 is 0 Å². The molecule has 76 valence electrons. The summed E-state index contributed by atoms with van der Waals surface area (Å²) in [7, 11) is 0. The van der Waals surface area contributed by atoms with Gasteiger partial charge in [0.2, 0.25) is 0 Å². The lowest BCUT2D eigenvalue weighted by Gasteiger charge is -2.03. The summed E-state index contributed by atoms with van der Waals surface area (Å²) < 4.78 is 0. The molecule has 0 aromatic rings. The molecule has 0 fully saturated rings. The van der Waals surface area contributed by atoms with Crippen molar-refractivity contribution in [2.45, 2.75) is 45.5 Å². The maximum Gasteiger partial charge on any atom is 0.156 e. The standard InChI is InChI=1S/C5H12O2.C3H8O2/c1-5(7)3-2-4-6;1-3(2,4)5/h5-7H,2-4H2,1H3;4-5H,1-2H3. The Morgan fingerprint density at radius 1 is 1.25 bits per heavy atom. The summed E-state index contributed by atoms with van der Waals surface area (Å²) >= 11 is 0. The summed E-state index contributed by atoms with van der Waals surface area (Å²) in [4.78, 5) is 0. The molecule has 1 unspecified atom stereocenters. The average Bonchev–Trinajstić information content (AvgIpc) is 1.79. The van der Waals surface area contributed by atoms with Crippen molar-refractivity contribution in [2.24, 2.45) is 0 Å². The molecule has 0 heterocycles. The van der Waals surface area contributed by atoms with Crippen molar-refractivity contribution >= 4 is 0 Å². The van der Waals surface area contributed by atoms with E-state index in [0.717, 1.165) is 0 Å². The number of aliphatic hydroxyl groups is 4. The highest BCUT2D eigenvalue weighted by molar-refractivity contribution is 4.43. The van der Waals surface area contributed by atoms with Crippen LogP contribution in [0.3, 0.4) is 0 Å². The third kappa shape index (κ3) is 52.1. The summed E-state index contributed by atoms with van der Waals surface area (Å²) in [6.45, 7) is 4.50. The summed E-state index contributed by atoms with van der Waals surface area (Å²) in [5.74, 6) is -1.50. The molecule has 0 aliphatic heterocycles. The van der Waals surface area contributed by atoms with Crippen LogP contribution >= 0.6 is 0 Å².